The van der Waals surface area contributed by atoms with Crippen LogP contribution in [0.25, 0.3) is 0 Å². The highest BCUT2D eigenvalue weighted by Crippen LogP contribution is 2.35. The molecule has 0 fully saturated rings. The second kappa shape index (κ2) is 7.66. The van der Waals surface area contributed by atoms with E-state index < -0.39 is 29.7 Å². The summed E-state index contributed by atoms with van der Waals surface area (Å²) < 4.78 is 38.9. The first-order valence-electron chi connectivity index (χ1n) is 6.36. The molecule has 0 aliphatic heterocycles. The van der Waals surface area contributed by atoms with Crippen molar-refractivity contribution in [2.75, 3.05) is 0 Å². The van der Waals surface area contributed by atoms with Gasteiger partial charge in [-0.05, 0) is 25.5 Å². The number of nitrogens with one attached hydrogen (secondary N) is 1. The highest BCUT2D eigenvalue weighted by atomic mass is 35.5. The van der Waals surface area contributed by atoms with Gasteiger partial charge in [0.15, 0.2) is 0 Å². The monoisotopic (exact) mass is 324 g/mol. The molecule has 0 saturated carbocycles. The van der Waals surface area contributed by atoms with Crippen LogP contribution in [0, 0.1) is 0 Å². The zero-order valence-corrected chi connectivity index (χ0v) is 12.9. The van der Waals surface area contributed by atoms with Crippen molar-refractivity contribution in [1.29, 1.82) is 0 Å². The number of alkyl halides is 3. The highest BCUT2D eigenvalue weighted by molar-refractivity contribution is 5.85. The molecule has 0 aliphatic rings. The number of nitrogens with two attached hydrogens (primary N) is 1. The number of hydrogen-bond donors (Lipinski definition) is 2. The van der Waals surface area contributed by atoms with Gasteiger partial charge in [0.2, 0.25) is 5.91 Å². The lowest BCUT2D eigenvalue weighted by Gasteiger charge is -2.25. The summed E-state index contributed by atoms with van der Waals surface area (Å²) in [7, 11) is 0. The molecule has 3 N–H and O–H groups in total. The number of hydrogen-bond acceptors (Lipinski definition) is 2. The molecule has 120 valence electrons. The SMILES string of the molecule is CC(N)C(=O)NC(C)C(C)c1ccccc1C(F)(F)F.Cl. The van der Waals surface area contributed by atoms with Gasteiger partial charge in [-0.25, -0.2) is 0 Å². The molecule has 0 aliphatic carbocycles. The van der Waals surface area contributed by atoms with Crippen LogP contribution in [0.5, 0.6) is 0 Å². The van der Waals surface area contributed by atoms with E-state index in [1.807, 2.05) is 0 Å². The Morgan fingerprint density at radius 1 is 1.19 bits per heavy atom. The van der Waals surface area contributed by atoms with Gasteiger partial charge in [0.05, 0.1) is 11.6 Å². The van der Waals surface area contributed by atoms with Crippen LogP contribution in [0.1, 0.15) is 37.8 Å². The van der Waals surface area contributed by atoms with Crippen LogP contribution >= 0.6 is 12.4 Å². The van der Waals surface area contributed by atoms with Gasteiger partial charge >= 0.3 is 6.18 Å². The number of halogens is 4. The Bertz CT molecular complexity index is 478. The Labute approximate surface area is 128 Å². The third-order valence-electron chi connectivity index (χ3n) is 3.29. The standard InChI is InChI=1S/C14H19F3N2O.ClH/c1-8(10(3)19-13(20)9(2)18)11-6-4-5-7-12(11)14(15,16)17;/h4-10H,18H2,1-3H3,(H,19,20);1H. The van der Waals surface area contributed by atoms with Gasteiger partial charge in [-0.2, -0.15) is 13.2 Å². The average molecular weight is 325 g/mol. The minimum Gasteiger partial charge on any atom is -0.352 e. The van der Waals surface area contributed by atoms with E-state index in [1.54, 1.807) is 19.9 Å². The molecule has 0 saturated heterocycles. The van der Waals surface area contributed by atoms with Crippen molar-refractivity contribution in [3.05, 3.63) is 35.4 Å². The lowest BCUT2D eigenvalue weighted by molar-refractivity contribution is -0.138. The Balaban J connectivity index is 0.00000400. The first-order valence-corrected chi connectivity index (χ1v) is 6.36. The van der Waals surface area contributed by atoms with E-state index in [1.165, 1.54) is 19.1 Å². The predicted molar refractivity (Wildman–Crippen MR) is 78.4 cm³/mol. The maximum Gasteiger partial charge on any atom is 0.416 e. The molecule has 7 heteroatoms. The molecule has 3 unspecified atom stereocenters. The summed E-state index contributed by atoms with van der Waals surface area (Å²) >= 11 is 0. The zero-order chi connectivity index (χ0) is 15.5. The maximum absolute atomic E-state index is 13.0. The van der Waals surface area contributed by atoms with Crippen LogP contribution < -0.4 is 11.1 Å². The Morgan fingerprint density at radius 2 is 1.71 bits per heavy atom. The lowest BCUT2D eigenvalue weighted by atomic mass is 9.90. The fourth-order valence-corrected chi connectivity index (χ4v) is 1.90. The minimum atomic E-state index is -4.41. The van der Waals surface area contributed by atoms with Gasteiger partial charge in [-0.1, -0.05) is 25.1 Å². The molecule has 3 nitrogen and oxygen atoms in total. The normalized spacial score (nSPS) is 15.6. The van der Waals surface area contributed by atoms with Crippen molar-refractivity contribution in [2.24, 2.45) is 5.73 Å². The highest BCUT2D eigenvalue weighted by Gasteiger charge is 2.35. The fourth-order valence-electron chi connectivity index (χ4n) is 1.90. The van der Waals surface area contributed by atoms with Gasteiger partial charge in [-0.3, -0.25) is 4.79 Å². The smallest absolute Gasteiger partial charge is 0.352 e. The van der Waals surface area contributed by atoms with Crippen molar-refractivity contribution in [2.45, 2.75) is 44.9 Å². The number of benzene rings is 1. The topological polar surface area (TPSA) is 55.1 Å². The van der Waals surface area contributed by atoms with Crippen LogP contribution in [-0.4, -0.2) is 18.0 Å². The van der Waals surface area contributed by atoms with Crippen molar-refractivity contribution >= 4 is 18.3 Å². The van der Waals surface area contributed by atoms with Gasteiger partial charge < -0.3 is 11.1 Å². The molecule has 3 atom stereocenters. The van der Waals surface area contributed by atoms with E-state index in [0.29, 0.717) is 0 Å². The molecular formula is C14H20ClF3N2O. The van der Waals surface area contributed by atoms with Crippen LogP contribution in [-0.2, 0) is 11.0 Å². The molecule has 1 amide bonds. The summed E-state index contributed by atoms with van der Waals surface area (Å²) in [6.07, 6.45) is -4.41. The van der Waals surface area contributed by atoms with Crippen molar-refractivity contribution in [3.63, 3.8) is 0 Å². The van der Waals surface area contributed by atoms with Gasteiger partial charge in [-0.15, -0.1) is 12.4 Å². The summed E-state index contributed by atoms with van der Waals surface area (Å²) in [4.78, 5) is 11.5. The zero-order valence-electron chi connectivity index (χ0n) is 12.1. The predicted octanol–water partition coefficient (Wildman–Crippen LogP) is 3.08. The first-order chi connectivity index (χ1) is 9.14. The van der Waals surface area contributed by atoms with Crippen molar-refractivity contribution < 1.29 is 18.0 Å². The van der Waals surface area contributed by atoms with Gasteiger partial charge in [0, 0.05) is 12.0 Å². The third kappa shape index (κ3) is 5.21. The van der Waals surface area contributed by atoms with E-state index in [0.717, 1.165) is 6.07 Å². The lowest BCUT2D eigenvalue weighted by Crippen LogP contribution is -2.44. The van der Waals surface area contributed by atoms with Gasteiger partial charge in [0.25, 0.3) is 0 Å². The Kier molecular flexibility index (Phi) is 7.19. The van der Waals surface area contributed by atoms with Crippen LogP contribution in [0.15, 0.2) is 24.3 Å². The van der Waals surface area contributed by atoms with E-state index in [9.17, 15) is 18.0 Å². The number of rotatable bonds is 4. The molecule has 0 spiro atoms. The summed E-state index contributed by atoms with van der Waals surface area (Å²) in [5.41, 5.74) is 4.92. The van der Waals surface area contributed by atoms with E-state index in [4.69, 9.17) is 5.73 Å². The molecule has 0 bridgehead atoms. The van der Waals surface area contributed by atoms with Gasteiger partial charge in [0.1, 0.15) is 0 Å². The molecule has 0 aromatic heterocycles. The summed E-state index contributed by atoms with van der Waals surface area (Å²) in [5.74, 6) is -0.857. The third-order valence-corrected chi connectivity index (χ3v) is 3.29. The van der Waals surface area contributed by atoms with E-state index >= 15 is 0 Å². The fraction of sp³-hybridized carbons (Fsp3) is 0.500. The maximum atomic E-state index is 13.0. The van der Waals surface area contributed by atoms with Crippen LogP contribution in [0.2, 0.25) is 0 Å². The molecular weight excluding hydrogens is 305 g/mol. The second-order valence-corrected chi connectivity index (χ2v) is 4.96. The molecule has 0 radical (unpaired) electrons. The average Bonchev–Trinajstić information content (AvgIpc) is 2.36. The van der Waals surface area contributed by atoms with Crippen LogP contribution in [0.3, 0.4) is 0 Å². The van der Waals surface area contributed by atoms with Crippen molar-refractivity contribution in [3.8, 4) is 0 Å². The molecule has 1 rings (SSSR count). The summed E-state index contributed by atoms with van der Waals surface area (Å²) in [6.45, 7) is 4.84. The number of carbonyl (C=O) groups is 1. The minimum absolute atomic E-state index is 0. The van der Waals surface area contributed by atoms with E-state index in [2.05, 4.69) is 5.32 Å². The quantitative estimate of drug-likeness (QED) is 0.894. The molecule has 1 aromatic carbocycles. The molecule has 0 heterocycles. The summed E-state index contributed by atoms with van der Waals surface area (Å²) in [6, 6.07) is 4.25. The first kappa shape index (κ1) is 19.7. The molecule has 21 heavy (non-hydrogen) atoms. The summed E-state index contributed by atoms with van der Waals surface area (Å²) in [5, 5.41) is 2.62. The Hall–Kier alpha value is -1.27. The second-order valence-electron chi connectivity index (χ2n) is 4.96. The van der Waals surface area contributed by atoms with Crippen molar-refractivity contribution in [1.82, 2.24) is 5.32 Å². The Morgan fingerprint density at radius 3 is 2.19 bits per heavy atom. The molecule has 1 aromatic rings. The van der Waals surface area contributed by atoms with E-state index in [-0.39, 0.29) is 23.9 Å². The largest absolute Gasteiger partial charge is 0.416 e. The number of amides is 1. The number of carbonyl (C=O) groups excluding carboxylic acids is 1. The van der Waals surface area contributed by atoms with Crippen LogP contribution in [0.4, 0.5) is 13.2 Å².